The van der Waals surface area contributed by atoms with Crippen molar-refractivity contribution in [2.24, 2.45) is 0 Å². The summed E-state index contributed by atoms with van der Waals surface area (Å²) in [6, 6.07) is 31.6. The van der Waals surface area contributed by atoms with Crippen molar-refractivity contribution in [1.29, 1.82) is 0 Å². The Morgan fingerprint density at radius 1 is 0.765 bits per heavy atom. The van der Waals surface area contributed by atoms with Gasteiger partial charge in [-0.3, -0.25) is 0 Å². The second-order valence-corrected chi connectivity index (χ2v) is 14.3. The van der Waals surface area contributed by atoms with E-state index in [9.17, 15) is 0 Å². The molecule has 0 fully saturated rings. The average molecular weight is 674 g/mol. The zero-order valence-corrected chi connectivity index (χ0v) is 26.9. The predicted octanol–water partition coefficient (Wildman–Crippen LogP) is 2.33. The molecule has 4 aromatic rings. The Kier molecular flexibility index (Phi) is 11.4. The van der Waals surface area contributed by atoms with Gasteiger partial charge in [0.05, 0.1) is 0 Å². The van der Waals surface area contributed by atoms with Crippen molar-refractivity contribution in [2.75, 3.05) is 0 Å². The van der Waals surface area contributed by atoms with Crippen LogP contribution in [0.3, 0.4) is 0 Å². The van der Waals surface area contributed by atoms with Gasteiger partial charge in [-0.2, -0.15) is 35.9 Å². The van der Waals surface area contributed by atoms with Crippen LogP contribution in [0.15, 0.2) is 78.9 Å². The molecule has 0 atom stereocenters. The van der Waals surface area contributed by atoms with E-state index in [-0.39, 0.29) is 58.6 Å². The van der Waals surface area contributed by atoms with Gasteiger partial charge in [-0.25, -0.2) is 0 Å². The Balaban J connectivity index is 0.000000323. The molecule has 1 aliphatic carbocycles. The monoisotopic (exact) mass is 674 g/mol. The molecular formula is C30H33Cl2HfP. The standard InChI is InChI=1S/C17H24P.C13H9.2ClH.Hf/c1-16(2,3)18(17(4,5)6)15-11-13-9-7-8-10-14(13)12-15;1-3-7-12-10(5-1)9-11-6-2-4-8-13(11)12;;;/h7-12H,1-6H3;1-5,7-8H,9H2;2*1H;/q2*-1;;;+4/p-2. The van der Waals surface area contributed by atoms with Crippen molar-refractivity contribution >= 4 is 24.0 Å². The van der Waals surface area contributed by atoms with Gasteiger partial charge in [0.15, 0.2) is 0 Å². The van der Waals surface area contributed by atoms with Crippen LogP contribution in [-0.4, -0.2) is 10.3 Å². The predicted molar refractivity (Wildman–Crippen MR) is 139 cm³/mol. The van der Waals surface area contributed by atoms with Gasteiger partial charge in [-0.1, -0.05) is 90.9 Å². The summed E-state index contributed by atoms with van der Waals surface area (Å²) in [7, 11) is -0.185. The molecule has 0 N–H and O–H groups in total. The molecule has 0 spiro atoms. The Labute approximate surface area is 238 Å². The third-order valence-electron chi connectivity index (χ3n) is 5.82. The Bertz CT molecular complexity index is 1110. The van der Waals surface area contributed by atoms with E-state index in [1.165, 1.54) is 33.0 Å². The van der Waals surface area contributed by atoms with Crippen LogP contribution in [0.4, 0.5) is 0 Å². The third-order valence-corrected chi connectivity index (χ3v) is 9.28. The zero-order valence-electron chi connectivity index (χ0n) is 20.9. The summed E-state index contributed by atoms with van der Waals surface area (Å²) in [6.07, 6.45) is 1.05. The minimum atomic E-state index is -0.185. The van der Waals surface area contributed by atoms with Crippen molar-refractivity contribution in [3.8, 4) is 11.1 Å². The summed E-state index contributed by atoms with van der Waals surface area (Å²) in [5, 5.41) is 5.00. The molecule has 0 saturated carbocycles. The van der Waals surface area contributed by atoms with Crippen molar-refractivity contribution in [1.82, 2.24) is 0 Å². The molecule has 176 valence electrons. The van der Waals surface area contributed by atoms with Crippen LogP contribution in [0.2, 0.25) is 0 Å². The number of halogens is 2. The van der Waals surface area contributed by atoms with Crippen molar-refractivity contribution in [3.05, 3.63) is 96.1 Å². The molecule has 4 heteroatoms. The Hall–Kier alpha value is -0.850. The fraction of sp³-hybridized carbons (Fsp3) is 0.300. The molecule has 34 heavy (non-hydrogen) atoms. The molecule has 0 aromatic heterocycles. The van der Waals surface area contributed by atoms with E-state index in [1.807, 2.05) is 6.07 Å². The Morgan fingerprint density at radius 3 is 2.00 bits per heavy atom. The number of hydrogen-bond donors (Lipinski definition) is 0. The molecule has 0 nitrogen and oxygen atoms in total. The van der Waals surface area contributed by atoms with Crippen LogP contribution in [0, 0.1) is 6.07 Å². The number of benzene rings is 3. The van der Waals surface area contributed by atoms with Gasteiger partial charge < -0.3 is 24.8 Å². The van der Waals surface area contributed by atoms with E-state index in [4.69, 9.17) is 0 Å². The molecule has 0 radical (unpaired) electrons. The Morgan fingerprint density at radius 2 is 1.35 bits per heavy atom. The van der Waals surface area contributed by atoms with Crippen molar-refractivity contribution in [2.45, 2.75) is 58.3 Å². The maximum absolute atomic E-state index is 3.30. The van der Waals surface area contributed by atoms with Gasteiger partial charge >= 0.3 is 25.8 Å². The van der Waals surface area contributed by atoms with Crippen molar-refractivity contribution in [3.63, 3.8) is 0 Å². The first-order valence-electron chi connectivity index (χ1n) is 11.2. The third kappa shape index (κ3) is 6.88. The summed E-state index contributed by atoms with van der Waals surface area (Å²) in [4.78, 5) is 0. The molecular weight excluding hydrogens is 641 g/mol. The van der Waals surface area contributed by atoms with E-state index in [0.29, 0.717) is 10.3 Å². The number of rotatable bonds is 1. The summed E-state index contributed by atoms with van der Waals surface area (Å²) >= 11 is 0. The summed E-state index contributed by atoms with van der Waals surface area (Å²) in [5.41, 5.74) is 5.51. The van der Waals surface area contributed by atoms with E-state index < -0.39 is 0 Å². The fourth-order valence-corrected chi connectivity index (χ4v) is 9.14. The van der Waals surface area contributed by atoms with Crippen LogP contribution in [0.5, 0.6) is 0 Å². The maximum atomic E-state index is 3.30. The smallest absolute Gasteiger partial charge is 1.00 e. The first kappa shape index (κ1) is 31.2. The number of fused-ring (bicyclic) bond motifs is 4. The molecule has 0 heterocycles. The molecule has 4 aromatic carbocycles. The van der Waals surface area contributed by atoms with Crippen LogP contribution < -0.4 is 30.1 Å². The van der Waals surface area contributed by atoms with E-state index in [1.54, 1.807) is 5.30 Å². The van der Waals surface area contributed by atoms with Crippen LogP contribution >= 0.6 is 7.92 Å². The molecule has 5 rings (SSSR count). The quantitative estimate of drug-likeness (QED) is 0.146. The molecule has 0 aliphatic heterocycles. The summed E-state index contributed by atoms with van der Waals surface area (Å²) in [5.74, 6) is 0. The maximum Gasteiger partial charge on any atom is 4.00 e. The van der Waals surface area contributed by atoms with E-state index >= 15 is 0 Å². The largest absolute Gasteiger partial charge is 4.00 e. The van der Waals surface area contributed by atoms with Gasteiger partial charge in [0, 0.05) is 0 Å². The molecule has 0 unspecified atom stereocenters. The number of hydrogen-bond acceptors (Lipinski definition) is 0. The fourth-order valence-electron chi connectivity index (χ4n) is 5.04. The average Bonchev–Trinajstić information content (AvgIpc) is 3.27. The summed E-state index contributed by atoms with van der Waals surface area (Å²) in [6.45, 7) is 14.3. The normalized spacial score (nSPS) is 11.9. The van der Waals surface area contributed by atoms with Crippen LogP contribution in [0.25, 0.3) is 21.9 Å². The van der Waals surface area contributed by atoms with Crippen LogP contribution in [0.1, 0.15) is 52.7 Å². The first-order chi connectivity index (χ1) is 14.6. The van der Waals surface area contributed by atoms with Gasteiger partial charge in [0.25, 0.3) is 0 Å². The van der Waals surface area contributed by atoms with Gasteiger partial charge in [0.1, 0.15) is 0 Å². The van der Waals surface area contributed by atoms with Gasteiger partial charge in [0.2, 0.25) is 0 Å². The molecule has 0 amide bonds. The van der Waals surface area contributed by atoms with Gasteiger partial charge in [-0.15, -0.1) is 45.9 Å². The van der Waals surface area contributed by atoms with E-state index in [2.05, 4.69) is 120 Å². The zero-order chi connectivity index (χ0) is 22.2. The first-order valence-corrected chi connectivity index (χ1v) is 12.5. The van der Waals surface area contributed by atoms with Crippen LogP contribution in [-0.2, 0) is 32.3 Å². The van der Waals surface area contributed by atoms with Gasteiger partial charge in [-0.05, 0) is 16.7 Å². The molecule has 1 aliphatic rings. The molecule has 0 bridgehead atoms. The summed E-state index contributed by atoms with van der Waals surface area (Å²) < 4.78 is 0. The second kappa shape index (κ2) is 12.4. The topological polar surface area (TPSA) is 0 Å². The molecule has 0 saturated heterocycles. The minimum Gasteiger partial charge on any atom is -1.00 e. The van der Waals surface area contributed by atoms with E-state index in [0.717, 1.165) is 6.42 Å². The minimum absolute atomic E-state index is 0. The SMILES string of the molecule is CC(C)(C)P(c1cc2ccccc2[cH-]1)C(C)(C)C.[Cl-].[Cl-].[Hf+4].[c-]1cccc2c1Cc1ccccc1-2. The van der Waals surface area contributed by atoms with Crippen molar-refractivity contribution < 1.29 is 50.7 Å². The second-order valence-electron chi connectivity index (χ2n) is 10.4.